The number of nitrogens with zero attached hydrogens (tertiary/aromatic N) is 1. The Labute approximate surface area is 165 Å². The Morgan fingerprint density at radius 1 is 1.07 bits per heavy atom. The van der Waals surface area contributed by atoms with Crippen molar-refractivity contribution in [2.24, 2.45) is 11.8 Å². The van der Waals surface area contributed by atoms with Crippen molar-refractivity contribution in [1.82, 2.24) is 0 Å². The summed E-state index contributed by atoms with van der Waals surface area (Å²) in [6.07, 6.45) is 6.85. The van der Waals surface area contributed by atoms with Gasteiger partial charge in [0.1, 0.15) is 0 Å². The van der Waals surface area contributed by atoms with Gasteiger partial charge in [-0.05, 0) is 69.1 Å². The van der Waals surface area contributed by atoms with Gasteiger partial charge in [-0.1, -0.05) is 25.0 Å². The van der Waals surface area contributed by atoms with Crippen LogP contribution in [0.4, 0.5) is 5.69 Å². The fourth-order valence-corrected chi connectivity index (χ4v) is 5.68. The number of ether oxygens (including phenoxy) is 1. The second-order valence-corrected chi connectivity index (χ2v) is 11.2. The van der Waals surface area contributed by atoms with Crippen LogP contribution in [0.2, 0.25) is 0 Å². The highest BCUT2D eigenvalue weighted by Crippen LogP contribution is 2.33. The third-order valence-electron chi connectivity index (χ3n) is 6.28. The predicted octanol–water partition coefficient (Wildman–Crippen LogP) is 4.09. The average molecular weight is 394 g/mol. The van der Waals surface area contributed by atoms with Crippen molar-refractivity contribution in [3.63, 3.8) is 0 Å². The van der Waals surface area contributed by atoms with E-state index in [0.29, 0.717) is 11.7 Å². The molecule has 0 unspecified atom stereocenters. The summed E-state index contributed by atoms with van der Waals surface area (Å²) in [6, 6.07) is 8.96. The standard InChI is InChI=1S/C22H35NO3S/c1-18(2)27(24,25)17-21-10-7-19(8-11-21)6-9-20-4-3-5-22(16-20)23-12-14-26-15-13-23/h3-5,16,18-19,21H,6-15,17H2,1-2H3. The molecule has 0 atom stereocenters. The highest BCUT2D eigenvalue weighted by Gasteiger charge is 2.27. The molecule has 4 nitrogen and oxygen atoms in total. The summed E-state index contributed by atoms with van der Waals surface area (Å²) in [5.41, 5.74) is 2.74. The van der Waals surface area contributed by atoms with Gasteiger partial charge in [0.15, 0.2) is 9.84 Å². The lowest BCUT2D eigenvalue weighted by Gasteiger charge is -2.30. The summed E-state index contributed by atoms with van der Waals surface area (Å²) in [7, 11) is -2.90. The second-order valence-electron chi connectivity index (χ2n) is 8.57. The topological polar surface area (TPSA) is 46.6 Å². The Balaban J connectivity index is 1.45. The number of sulfone groups is 1. The van der Waals surface area contributed by atoms with Crippen LogP contribution in [0.1, 0.15) is 51.5 Å². The summed E-state index contributed by atoms with van der Waals surface area (Å²) >= 11 is 0. The molecule has 0 radical (unpaired) electrons. The van der Waals surface area contributed by atoms with E-state index in [1.54, 1.807) is 13.8 Å². The molecule has 1 saturated carbocycles. The van der Waals surface area contributed by atoms with Crippen LogP contribution in [0.5, 0.6) is 0 Å². The lowest BCUT2D eigenvalue weighted by Crippen LogP contribution is -2.36. The number of benzene rings is 1. The zero-order chi connectivity index (χ0) is 19.3. The summed E-state index contributed by atoms with van der Waals surface area (Å²) in [4.78, 5) is 2.41. The normalized spacial score (nSPS) is 24.3. The van der Waals surface area contributed by atoms with Gasteiger partial charge in [0.25, 0.3) is 0 Å². The minimum Gasteiger partial charge on any atom is -0.378 e. The van der Waals surface area contributed by atoms with Crippen molar-refractivity contribution in [2.75, 3.05) is 37.0 Å². The van der Waals surface area contributed by atoms with Crippen molar-refractivity contribution in [3.8, 4) is 0 Å². The third-order valence-corrected chi connectivity index (χ3v) is 8.65. The maximum absolute atomic E-state index is 12.1. The van der Waals surface area contributed by atoms with E-state index in [1.165, 1.54) is 30.5 Å². The highest BCUT2D eigenvalue weighted by molar-refractivity contribution is 7.91. The minimum atomic E-state index is -2.90. The van der Waals surface area contributed by atoms with E-state index < -0.39 is 9.84 Å². The summed E-state index contributed by atoms with van der Waals surface area (Å²) < 4.78 is 29.7. The highest BCUT2D eigenvalue weighted by atomic mass is 32.2. The first-order valence-electron chi connectivity index (χ1n) is 10.6. The van der Waals surface area contributed by atoms with Crippen molar-refractivity contribution >= 4 is 15.5 Å². The Morgan fingerprint density at radius 2 is 1.74 bits per heavy atom. The van der Waals surface area contributed by atoms with Crippen molar-refractivity contribution < 1.29 is 13.2 Å². The van der Waals surface area contributed by atoms with Gasteiger partial charge in [-0.25, -0.2) is 8.42 Å². The number of hydrogen-bond donors (Lipinski definition) is 0. The zero-order valence-corrected chi connectivity index (χ0v) is 17.7. The fourth-order valence-electron chi connectivity index (χ4n) is 4.31. The van der Waals surface area contributed by atoms with Crippen LogP contribution in [-0.2, 0) is 21.0 Å². The average Bonchev–Trinajstić information content (AvgIpc) is 2.68. The molecule has 1 aliphatic heterocycles. The zero-order valence-electron chi connectivity index (χ0n) is 16.9. The van der Waals surface area contributed by atoms with Crippen molar-refractivity contribution in [1.29, 1.82) is 0 Å². The second kappa shape index (κ2) is 9.42. The van der Waals surface area contributed by atoms with Crippen LogP contribution in [0, 0.1) is 11.8 Å². The molecule has 1 heterocycles. The van der Waals surface area contributed by atoms with E-state index in [1.807, 2.05) is 0 Å². The molecule has 1 aliphatic carbocycles. The van der Waals surface area contributed by atoms with Gasteiger partial charge in [0.05, 0.1) is 24.2 Å². The number of morpholine rings is 1. The molecule has 2 aliphatic rings. The number of anilines is 1. The first-order chi connectivity index (χ1) is 12.9. The van der Waals surface area contributed by atoms with E-state index in [2.05, 4.69) is 29.2 Å². The van der Waals surface area contributed by atoms with E-state index in [0.717, 1.165) is 51.5 Å². The molecule has 0 bridgehead atoms. The van der Waals surface area contributed by atoms with Crippen LogP contribution >= 0.6 is 0 Å². The van der Waals surface area contributed by atoms with E-state index in [9.17, 15) is 8.42 Å². The molecule has 1 aromatic carbocycles. The summed E-state index contributed by atoms with van der Waals surface area (Å²) in [6.45, 7) is 7.19. The Morgan fingerprint density at radius 3 is 2.41 bits per heavy atom. The molecule has 0 N–H and O–H groups in total. The maximum Gasteiger partial charge on any atom is 0.152 e. The molecule has 0 aromatic heterocycles. The molecule has 5 heteroatoms. The van der Waals surface area contributed by atoms with Crippen LogP contribution in [-0.4, -0.2) is 45.7 Å². The van der Waals surface area contributed by atoms with Gasteiger partial charge in [-0.3, -0.25) is 0 Å². The minimum absolute atomic E-state index is 0.242. The molecule has 1 aromatic rings. The van der Waals surface area contributed by atoms with E-state index in [4.69, 9.17) is 4.74 Å². The predicted molar refractivity (Wildman–Crippen MR) is 112 cm³/mol. The van der Waals surface area contributed by atoms with E-state index in [-0.39, 0.29) is 5.25 Å². The first kappa shape index (κ1) is 20.7. The Kier molecular flexibility index (Phi) is 7.21. The van der Waals surface area contributed by atoms with Gasteiger partial charge in [0.2, 0.25) is 0 Å². The largest absolute Gasteiger partial charge is 0.378 e. The van der Waals surface area contributed by atoms with Crippen LogP contribution in [0.3, 0.4) is 0 Å². The Hall–Kier alpha value is -1.07. The molecule has 2 fully saturated rings. The lowest BCUT2D eigenvalue weighted by atomic mass is 9.80. The molecular weight excluding hydrogens is 358 g/mol. The monoisotopic (exact) mass is 393 g/mol. The number of hydrogen-bond acceptors (Lipinski definition) is 4. The van der Waals surface area contributed by atoms with E-state index >= 15 is 0 Å². The molecule has 0 spiro atoms. The third kappa shape index (κ3) is 5.95. The van der Waals surface area contributed by atoms with Gasteiger partial charge >= 0.3 is 0 Å². The van der Waals surface area contributed by atoms with Gasteiger partial charge in [-0.2, -0.15) is 0 Å². The lowest BCUT2D eigenvalue weighted by molar-refractivity contribution is 0.122. The van der Waals surface area contributed by atoms with Gasteiger partial charge < -0.3 is 9.64 Å². The Bertz CT molecular complexity index is 687. The molecule has 3 rings (SSSR count). The van der Waals surface area contributed by atoms with Crippen LogP contribution < -0.4 is 4.90 Å². The molecule has 27 heavy (non-hydrogen) atoms. The van der Waals surface area contributed by atoms with Gasteiger partial charge in [-0.15, -0.1) is 0 Å². The molecule has 152 valence electrons. The van der Waals surface area contributed by atoms with Crippen LogP contribution in [0.25, 0.3) is 0 Å². The molecular formula is C22H35NO3S. The SMILES string of the molecule is CC(C)S(=O)(=O)CC1CCC(CCc2cccc(N3CCOCC3)c2)CC1. The molecule has 0 amide bonds. The summed E-state index contributed by atoms with van der Waals surface area (Å²) in [5.74, 6) is 1.51. The number of aryl methyl sites for hydroxylation is 1. The van der Waals surface area contributed by atoms with Crippen LogP contribution in [0.15, 0.2) is 24.3 Å². The smallest absolute Gasteiger partial charge is 0.152 e. The molecule has 1 saturated heterocycles. The number of rotatable bonds is 7. The quantitative estimate of drug-likeness (QED) is 0.700. The van der Waals surface area contributed by atoms with Crippen molar-refractivity contribution in [2.45, 2.75) is 57.6 Å². The summed E-state index contributed by atoms with van der Waals surface area (Å²) in [5, 5.41) is -0.242. The first-order valence-corrected chi connectivity index (χ1v) is 12.3. The van der Waals surface area contributed by atoms with Crippen molar-refractivity contribution in [3.05, 3.63) is 29.8 Å². The van der Waals surface area contributed by atoms with Gasteiger partial charge in [0, 0.05) is 18.8 Å². The maximum atomic E-state index is 12.1. The fraction of sp³-hybridized carbons (Fsp3) is 0.727.